The number of rotatable bonds is 10. The second-order valence-corrected chi connectivity index (χ2v) is 6.23. The Kier molecular flexibility index (Phi) is 12.3. The maximum atomic E-state index is 5.09. The number of aliphatic imine (C=N–C) groups is 1. The van der Waals surface area contributed by atoms with E-state index >= 15 is 0 Å². The first-order chi connectivity index (χ1) is 12.3. The van der Waals surface area contributed by atoms with E-state index in [9.17, 15) is 0 Å². The molecule has 0 saturated carbocycles. The number of guanidine groups is 1. The van der Waals surface area contributed by atoms with Crippen LogP contribution in [0.25, 0.3) is 0 Å². The van der Waals surface area contributed by atoms with Crippen LogP contribution in [-0.4, -0.2) is 54.1 Å². The zero-order valence-corrected chi connectivity index (χ0v) is 18.4. The van der Waals surface area contributed by atoms with Gasteiger partial charge in [-0.05, 0) is 32.1 Å². The van der Waals surface area contributed by atoms with Crippen LogP contribution in [0.2, 0.25) is 0 Å². The third kappa shape index (κ3) is 8.48. The van der Waals surface area contributed by atoms with Crippen LogP contribution in [0.5, 0.6) is 0 Å². The first-order valence-electron chi connectivity index (χ1n) is 9.39. The monoisotopic (exact) mass is 476 g/mol. The van der Waals surface area contributed by atoms with Crippen LogP contribution in [0.3, 0.4) is 0 Å². The van der Waals surface area contributed by atoms with Gasteiger partial charge in [-0.1, -0.05) is 18.6 Å². The van der Waals surface area contributed by atoms with Crippen LogP contribution in [-0.2, 0) is 17.7 Å². The molecule has 1 aromatic heterocycles. The molecule has 1 aliphatic carbocycles. The van der Waals surface area contributed by atoms with E-state index in [1.54, 1.807) is 19.0 Å². The summed E-state index contributed by atoms with van der Waals surface area (Å²) in [6, 6.07) is 0. The summed E-state index contributed by atoms with van der Waals surface area (Å²) in [6.07, 6.45) is 11.3. The summed E-state index contributed by atoms with van der Waals surface area (Å²) in [5.74, 6) is 1.86. The molecule has 0 aliphatic heterocycles. The lowest BCUT2D eigenvalue weighted by molar-refractivity contribution is 0.208. The second-order valence-electron chi connectivity index (χ2n) is 6.23. The van der Waals surface area contributed by atoms with Crippen LogP contribution in [0.4, 0.5) is 0 Å². The van der Waals surface area contributed by atoms with Crippen LogP contribution < -0.4 is 10.6 Å². The largest absolute Gasteiger partial charge is 0.383 e. The highest BCUT2D eigenvalue weighted by atomic mass is 127. The van der Waals surface area contributed by atoms with Crippen molar-refractivity contribution in [3.05, 3.63) is 23.8 Å². The van der Waals surface area contributed by atoms with Gasteiger partial charge in [-0.2, -0.15) is 0 Å². The van der Waals surface area contributed by atoms with E-state index in [0.29, 0.717) is 13.2 Å². The molecular weight excluding hydrogens is 443 g/mol. The van der Waals surface area contributed by atoms with E-state index in [-0.39, 0.29) is 24.0 Å². The summed E-state index contributed by atoms with van der Waals surface area (Å²) >= 11 is 0. The van der Waals surface area contributed by atoms with Crippen LogP contribution >= 0.6 is 24.0 Å². The van der Waals surface area contributed by atoms with Gasteiger partial charge in [0.2, 0.25) is 0 Å². The third-order valence-electron chi connectivity index (χ3n) is 4.35. The molecule has 2 rings (SSSR count). The lowest BCUT2D eigenvalue weighted by Crippen LogP contribution is -2.40. The predicted octanol–water partition coefficient (Wildman–Crippen LogP) is 2.53. The highest BCUT2D eigenvalue weighted by Crippen LogP contribution is 2.19. The van der Waals surface area contributed by atoms with Gasteiger partial charge in [-0.15, -0.1) is 34.2 Å². The molecule has 0 radical (unpaired) electrons. The molecule has 7 nitrogen and oxygen atoms in total. The number of halogens is 1. The smallest absolute Gasteiger partial charge is 0.191 e. The fourth-order valence-electron chi connectivity index (χ4n) is 2.93. The molecular formula is C18H33IN6O. The van der Waals surface area contributed by atoms with Gasteiger partial charge in [0.05, 0.1) is 13.2 Å². The number of allylic oxidation sites excluding steroid dienone is 1. The van der Waals surface area contributed by atoms with Crippen molar-refractivity contribution in [2.75, 3.05) is 33.4 Å². The van der Waals surface area contributed by atoms with Crippen LogP contribution in [0.15, 0.2) is 23.0 Å². The van der Waals surface area contributed by atoms with E-state index in [1.807, 2.05) is 0 Å². The summed E-state index contributed by atoms with van der Waals surface area (Å²) in [5.41, 5.74) is 1.58. The maximum Gasteiger partial charge on any atom is 0.191 e. The summed E-state index contributed by atoms with van der Waals surface area (Å²) < 4.78 is 7.17. The number of hydrogen-bond donors (Lipinski definition) is 2. The maximum absolute atomic E-state index is 5.09. The number of nitrogens with zero attached hydrogens (tertiary/aromatic N) is 4. The zero-order chi connectivity index (χ0) is 17.7. The highest BCUT2D eigenvalue weighted by molar-refractivity contribution is 14.0. The molecule has 26 heavy (non-hydrogen) atoms. The average Bonchev–Trinajstić information content (AvgIpc) is 3.10. The number of methoxy groups -OCH3 is 1. The topological polar surface area (TPSA) is 76.4 Å². The SMILES string of the molecule is CCc1nncn1CCNC(=NCCOC)NCCC1=CCCCC1.I. The Morgan fingerprint density at radius 3 is 2.88 bits per heavy atom. The Hall–Kier alpha value is -1.16. The van der Waals surface area contributed by atoms with Crippen molar-refractivity contribution in [1.29, 1.82) is 0 Å². The zero-order valence-electron chi connectivity index (χ0n) is 16.0. The molecule has 1 aromatic rings. The van der Waals surface area contributed by atoms with Gasteiger partial charge in [0, 0.05) is 33.2 Å². The standard InChI is InChI=1S/C18H32N6O.HI/c1-3-17-23-22-15-24(17)13-11-20-18(21-12-14-25-2)19-10-9-16-7-5-4-6-8-16;/h7,15H,3-6,8-14H2,1-2H3,(H2,19,20,21);1H. The normalized spacial score (nSPS) is 14.5. The number of aryl methyl sites for hydroxylation is 1. The number of hydrogen-bond acceptors (Lipinski definition) is 4. The molecule has 1 aliphatic rings. The molecule has 0 atom stereocenters. The van der Waals surface area contributed by atoms with Crippen molar-refractivity contribution in [2.45, 2.75) is 52.0 Å². The quantitative estimate of drug-likeness (QED) is 0.179. The Morgan fingerprint density at radius 1 is 1.31 bits per heavy atom. The lowest BCUT2D eigenvalue weighted by Gasteiger charge is -2.16. The van der Waals surface area contributed by atoms with Gasteiger partial charge >= 0.3 is 0 Å². The van der Waals surface area contributed by atoms with E-state index in [2.05, 4.69) is 43.4 Å². The lowest BCUT2D eigenvalue weighted by atomic mass is 9.97. The molecule has 8 heteroatoms. The molecule has 0 spiro atoms. The Bertz CT molecular complexity index is 558. The third-order valence-corrected chi connectivity index (χ3v) is 4.35. The van der Waals surface area contributed by atoms with Crippen molar-refractivity contribution in [3.63, 3.8) is 0 Å². The van der Waals surface area contributed by atoms with Crippen molar-refractivity contribution >= 4 is 29.9 Å². The van der Waals surface area contributed by atoms with Crippen LogP contribution in [0, 0.1) is 0 Å². The summed E-state index contributed by atoms with van der Waals surface area (Å²) in [5, 5.41) is 14.9. The molecule has 0 saturated heterocycles. The number of aromatic nitrogens is 3. The van der Waals surface area contributed by atoms with Gasteiger partial charge in [-0.25, -0.2) is 0 Å². The van der Waals surface area contributed by atoms with Crippen molar-refractivity contribution in [3.8, 4) is 0 Å². The second kappa shape index (κ2) is 14.0. The Balaban J connectivity index is 0.00000338. The summed E-state index contributed by atoms with van der Waals surface area (Å²) in [6.45, 7) is 5.90. The van der Waals surface area contributed by atoms with E-state index in [4.69, 9.17) is 4.74 Å². The molecule has 1 heterocycles. The van der Waals surface area contributed by atoms with E-state index in [0.717, 1.165) is 44.3 Å². The van der Waals surface area contributed by atoms with Crippen molar-refractivity contribution in [1.82, 2.24) is 25.4 Å². The van der Waals surface area contributed by atoms with Gasteiger partial charge in [0.15, 0.2) is 5.96 Å². The van der Waals surface area contributed by atoms with Gasteiger partial charge in [0.1, 0.15) is 12.2 Å². The van der Waals surface area contributed by atoms with Crippen molar-refractivity contribution in [2.24, 2.45) is 4.99 Å². The molecule has 0 bridgehead atoms. The van der Waals surface area contributed by atoms with E-state index in [1.165, 1.54) is 25.7 Å². The fraction of sp³-hybridized carbons (Fsp3) is 0.722. The molecule has 148 valence electrons. The molecule has 0 unspecified atom stereocenters. The predicted molar refractivity (Wildman–Crippen MR) is 116 cm³/mol. The number of nitrogens with one attached hydrogen (secondary N) is 2. The Morgan fingerprint density at radius 2 is 2.15 bits per heavy atom. The minimum atomic E-state index is 0. The summed E-state index contributed by atoms with van der Waals surface area (Å²) in [4.78, 5) is 4.57. The number of ether oxygens (including phenoxy) is 1. The van der Waals surface area contributed by atoms with Gasteiger partial charge in [-0.3, -0.25) is 4.99 Å². The van der Waals surface area contributed by atoms with Gasteiger partial charge < -0.3 is 19.9 Å². The highest BCUT2D eigenvalue weighted by Gasteiger charge is 2.05. The minimum absolute atomic E-state index is 0. The molecule has 0 fully saturated rings. The first kappa shape index (κ1) is 22.9. The first-order valence-corrected chi connectivity index (χ1v) is 9.39. The average molecular weight is 476 g/mol. The molecule has 0 amide bonds. The summed E-state index contributed by atoms with van der Waals surface area (Å²) in [7, 11) is 1.70. The molecule has 2 N–H and O–H groups in total. The van der Waals surface area contributed by atoms with Crippen molar-refractivity contribution < 1.29 is 4.74 Å². The van der Waals surface area contributed by atoms with Crippen LogP contribution in [0.1, 0.15) is 44.9 Å². The molecule has 0 aromatic carbocycles. The Labute approximate surface area is 174 Å². The minimum Gasteiger partial charge on any atom is -0.383 e. The van der Waals surface area contributed by atoms with Gasteiger partial charge in [0.25, 0.3) is 0 Å². The fourth-order valence-corrected chi connectivity index (χ4v) is 2.93. The van der Waals surface area contributed by atoms with E-state index < -0.39 is 0 Å².